The Balaban J connectivity index is 2.33. The third kappa shape index (κ3) is 6.82. The number of ether oxygens (including phenoxy) is 1. The lowest BCUT2D eigenvalue weighted by atomic mass is 10.1. The van der Waals surface area contributed by atoms with Gasteiger partial charge in [-0.15, -0.1) is 0 Å². The van der Waals surface area contributed by atoms with E-state index in [9.17, 15) is 4.79 Å². The summed E-state index contributed by atoms with van der Waals surface area (Å²) in [5, 5.41) is 3.16. The summed E-state index contributed by atoms with van der Waals surface area (Å²) < 4.78 is 5.24. The molecule has 0 fully saturated rings. The Morgan fingerprint density at radius 1 is 1.32 bits per heavy atom. The largest absolute Gasteiger partial charge is 0.459 e. The summed E-state index contributed by atoms with van der Waals surface area (Å²) in [6, 6.07) is 7.98. The summed E-state index contributed by atoms with van der Waals surface area (Å²) in [4.78, 5) is 11.6. The van der Waals surface area contributed by atoms with Crippen molar-refractivity contribution in [1.82, 2.24) is 5.32 Å². The van der Waals surface area contributed by atoms with Crippen molar-refractivity contribution in [3.05, 3.63) is 29.8 Å². The lowest BCUT2D eigenvalue weighted by Gasteiger charge is -2.20. The number of hydrogen-bond donors (Lipinski definition) is 2. The molecule has 1 aromatic carbocycles. The second-order valence-corrected chi connectivity index (χ2v) is 5.81. The Kier molecular flexibility index (Phi) is 5.36. The van der Waals surface area contributed by atoms with Gasteiger partial charge in [0.2, 0.25) is 0 Å². The molecule has 0 heterocycles. The summed E-state index contributed by atoms with van der Waals surface area (Å²) in [7, 11) is 0. The lowest BCUT2D eigenvalue weighted by molar-refractivity contribution is -0.153. The molecule has 0 aromatic heterocycles. The van der Waals surface area contributed by atoms with Crippen molar-refractivity contribution in [2.75, 3.05) is 12.3 Å². The first kappa shape index (κ1) is 15.5. The van der Waals surface area contributed by atoms with Gasteiger partial charge in [-0.2, -0.15) is 0 Å². The van der Waals surface area contributed by atoms with E-state index in [0.29, 0.717) is 0 Å². The van der Waals surface area contributed by atoms with E-state index in [2.05, 4.69) is 5.32 Å². The summed E-state index contributed by atoms with van der Waals surface area (Å²) in [6.07, 6.45) is 0.850. The molecule has 1 atom stereocenters. The summed E-state index contributed by atoms with van der Waals surface area (Å²) in [6.45, 7) is 7.86. The van der Waals surface area contributed by atoms with Crippen LogP contribution in [-0.2, 0) is 16.0 Å². The molecule has 4 nitrogen and oxygen atoms in total. The average molecular weight is 264 g/mol. The molecule has 0 bridgehead atoms. The van der Waals surface area contributed by atoms with Gasteiger partial charge in [-0.25, -0.2) is 0 Å². The van der Waals surface area contributed by atoms with Gasteiger partial charge in [-0.05, 0) is 51.8 Å². The normalized spacial score (nSPS) is 13.1. The highest BCUT2D eigenvalue weighted by molar-refractivity contribution is 5.72. The minimum Gasteiger partial charge on any atom is -0.459 e. The molecule has 0 saturated heterocycles. The highest BCUT2D eigenvalue weighted by Gasteiger charge is 2.16. The molecule has 0 spiro atoms. The van der Waals surface area contributed by atoms with Crippen molar-refractivity contribution >= 4 is 11.7 Å². The van der Waals surface area contributed by atoms with Gasteiger partial charge in [-0.1, -0.05) is 12.1 Å². The predicted octanol–water partition coefficient (Wildman–Crippen LogP) is 2.13. The second-order valence-electron chi connectivity index (χ2n) is 5.81. The molecule has 0 saturated carbocycles. The van der Waals surface area contributed by atoms with Gasteiger partial charge in [0, 0.05) is 11.7 Å². The molecule has 106 valence electrons. The van der Waals surface area contributed by atoms with Gasteiger partial charge in [0.15, 0.2) is 0 Å². The third-order valence-electron chi connectivity index (χ3n) is 2.54. The van der Waals surface area contributed by atoms with Crippen LogP contribution >= 0.6 is 0 Å². The van der Waals surface area contributed by atoms with Crippen LogP contribution in [-0.4, -0.2) is 24.2 Å². The number of esters is 1. The summed E-state index contributed by atoms with van der Waals surface area (Å²) in [5.74, 6) is -0.225. The minimum atomic E-state index is -0.432. The third-order valence-corrected chi connectivity index (χ3v) is 2.54. The molecule has 19 heavy (non-hydrogen) atoms. The van der Waals surface area contributed by atoms with E-state index in [-0.39, 0.29) is 18.6 Å². The predicted molar refractivity (Wildman–Crippen MR) is 77.9 cm³/mol. The van der Waals surface area contributed by atoms with Crippen LogP contribution in [0.3, 0.4) is 0 Å². The Morgan fingerprint density at radius 2 is 1.89 bits per heavy atom. The molecule has 0 aliphatic heterocycles. The number of rotatable bonds is 5. The Bertz CT molecular complexity index is 407. The van der Waals surface area contributed by atoms with Crippen LogP contribution in [0, 0.1) is 0 Å². The van der Waals surface area contributed by atoms with Crippen molar-refractivity contribution in [3.63, 3.8) is 0 Å². The van der Waals surface area contributed by atoms with Gasteiger partial charge in [0.25, 0.3) is 0 Å². The van der Waals surface area contributed by atoms with Gasteiger partial charge in [0.1, 0.15) is 5.60 Å². The zero-order valence-electron chi connectivity index (χ0n) is 12.2. The number of anilines is 1. The van der Waals surface area contributed by atoms with E-state index >= 15 is 0 Å². The number of benzene rings is 1. The number of hydrogen-bond acceptors (Lipinski definition) is 4. The molecule has 0 amide bonds. The van der Waals surface area contributed by atoms with Crippen LogP contribution in [0.2, 0.25) is 0 Å². The van der Waals surface area contributed by atoms with Crippen LogP contribution in [0.15, 0.2) is 24.3 Å². The molecule has 1 unspecified atom stereocenters. The Morgan fingerprint density at radius 3 is 2.42 bits per heavy atom. The van der Waals surface area contributed by atoms with Gasteiger partial charge in [-0.3, -0.25) is 4.79 Å². The highest BCUT2D eigenvalue weighted by Crippen LogP contribution is 2.08. The number of carbonyl (C=O) groups is 1. The molecule has 0 aliphatic rings. The van der Waals surface area contributed by atoms with Gasteiger partial charge in [0.05, 0.1) is 6.54 Å². The maximum Gasteiger partial charge on any atom is 0.320 e. The standard InChI is InChI=1S/C15H24N2O2/c1-11(9-12-5-7-13(16)8-6-12)17-10-14(18)19-15(2,3)4/h5-8,11,17H,9-10,16H2,1-4H3. The molecular weight excluding hydrogens is 240 g/mol. The molecule has 1 aromatic rings. The lowest BCUT2D eigenvalue weighted by Crippen LogP contribution is -2.36. The van der Waals surface area contributed by atoms with Crippen molar-refractivity contribution in [2.24, 2.45) is 0 Å². The molecule has 0 radical (unpaired) electrons. The van der Waals surface area contributed by atoms with Crippen LogP contribution < -0.4 is 11.1 Å². The zero-order valence-corrected chi connectivity index (χ0v) is 12.2. The topological polar surface area (TPSA) is 64.3 Å². The Hall–Kier alpha value is -1.55. The minimum absolute atomic E-state index is 0.205. The maximum atomic E-state index is 11.6. The van der Waals surface area contributed by atoms with Crippen molar-refractivity contribution in [3.8, 4) is 0 Å². The molecule has 3 N–H and O–H groups in total. The van der Waals surface area contributed by atoms with E-state index < -0.39 is 5.60 Å². The highest BCUT2D eigenvalue weighted by atomic mass is 16.6. The number of nitrogen functional groups attached to an aromatic ring is 1. The molecule has 1 rings (SSSR count). The SMILES string of the molecule is CC(Cc1ccc(N)cc1)NCC(=O)OC(C)(C)C. The summed E-state index contributed by atoms with van der Waals surface area (Å²) in [5.41, 5.74) is 7.16. The smallest absolute Gasteiger partial charge is 0.320 e. The fourth-order valence-corrected chi connectivity index (χ4v) is 1.71. The first-order valence-corrected chi connectivity index (χ1v) is 6.56. The zero-order chi connectivity index (χ0) is 14.5. The fourth-order valence-electron chi connectivity index (χ4n) is 1.71. The molecular formula is C15H24N2O2. The fraction of sp³-hybridized carbons (Fsp3) is 0.533. The average Bonchev–Trinajstić information content (AvgIpc) is 2.27. The van der Waals surface area contributed by atoms with Gasteiger partial charge < -0.3 is 15.8 Å². The van der Waals surface area contributed by atoms with E-state index in [1.807, 2.05) is 52.0 Å². The van der Waals surface area contributed by atoms with Crippen LogP contribution in [0.1, 0.15) is 33.3 Å². The first-order chi connectivity index (χ1) is 8.76. The van der Waals surface area contributed by atoms with Crippen molar-refractivity contribution in [1.29, 1.82) is 0 Å². The quantitative estimate of drug-likeness (QED) is 0.631. The Labute approximate surface area is 115 Å². The molecule has 0 aliphatic carbocycles. The van der Waals surface area contributed by atoms with Crippen molar-refractivity contribution in [2.45, 2.75) is 45.8 Å². The van der Waals surface area contributed by atoms with Crippen LogP contribution in [0.5, 0.6) is 0 Å². The van der Waals surface area contributed by atoms with E-state index in [4.69, 9.17) is 10.5 Å². The maximum absolute atomic E-state index is 11.6. The number of nitrogens with two attached hydrogens (primary N) is 1. The number of carbonyl (C=O) groups excluding carboxylic acids is 1. The second kappa shape index (κ2) is 6.57. The monoisotopic (exact) mass is 264 g/mol. The van der Waals surface area contributed by atoms with Crippen LogP contribution in [0.4, 0.5) is 5.69 Å². The number of nitrogens with one attached hydrogen (secondary N) is 1. The van der Waals surface area contributed by atoms with Crippen LogP contribution in [0.25, 0.3) is 0 Å². The van der Waals surface area contributed by atoms with Crippen molar-refractivity contribution < 1.29 is 9.53 Å². The molecule has 4 heteroatoms. The van der Waals surface area contributed by atoms with E-state index in [1.54, 1.807) is 0 Å². The van der Waals surface area contributed by atoms with E-state index in [0.717, 1.165) is 12.1 Å². The van der Waals surface area contributed by atoms with E-state index in [1.165, 1.54) is 5.56 Å². The first-order valence-electron chi connectivity index (χ1n) is 6.56. The summed E-state index contributed by atoms with van der Waals surface area (Å²) >= 11 is 0. The van der Waals surface area contributed by atoms with Gasteiger partial charge >= 0.3 is 5.97 Å².